The van der Waals surface area contributed by atoms with Crippen molar-refractivity contribution < 1.29 is 4.74 Å². The van der Waals surface area contributed by atoms with Gasteiger partial charge in [0.2, 0.25) is 0 Å². The van der Waals surface area contributed by atoms with Crippen molar-refractivity contribution in [1.29, 1.82) is 0 Å². The Morgan fingerprint density at radius 2 is 2.18 bits per heavy atom. The maximum absolute atomic E-state index is 5.45. The van der Waals surface area contributed by atoms with Crippen molar-refractivity contribution in [2.75, 3.05) is 37.5 Å². The maximum Gasteiger partial charge on any atom is 0.128 e. The molecule has 1 aliphatic rings. The molecule has 1 N–H and O–H groups in total. The second-order valence-electron chi connectivity index (χ2n) is 4.68. The third-order valence-corrected chi connectivity index (χ3v) is 3.03. The fraction of sp³-hybridized carbons (Fsp3) is 0.615. The lowest BCUT2D eigenvalue weighted by Crippen LogP contribution is -2.19. The molecule has 1 unspecified atom stereocenters. The number of hydrogen-bond acceptors (Lipinski definition) is 4. The zero-order valence-electron chi connectivity index (χ0n) is 10.6. The molecule has 17 heavy (non-hydrogen) atoms. The highest BCUT2D eigenvalue weighted by atomic mass is 16.5. The van der Waals surface area contributed by atoms with E-state index in [1.807, 2.05) is 31.3 Å². The lowest BCUT2D eigenvalue weighted by molar-refractivity contribution is 0.144. The Labute approximate surface area is 103 Å². The molecule has 4 heteroatoms. The molecule has 0 radical (unpaired) electrons. The lowest BCUT2D eigenvalue weighted by Gasteiger charge is -2.17. The molecule has 0 saturated carbocycles. The van der Waals surface area contributed by atoms with Crippen LogP contribution in [0.25, 0.3) is 0 Å². The number of rotatable bonds is 3. The Balaban J connectivity index is 1.93. The summed E-state index contributed by atoms with van der Waals surface area (Å²) in [6, 6.07) is 4.65. The summed E-state index contributed by atoms with van der Waals surface area (Å²) >= 11 is 0. The number of hydrogen-bond donors (Lipinski definition) is 1. The van der Waals surface area contributed by atoms with Crippen LogP contribution in [0.2, 0.25) is 0 Å². The van der Waals surface area contributed by atoms with E-state index in [2.05, 4.69) is 16.4 Å². The normalized spacial score (nSPS) is 20.7. The van der Waals surface area contributed by atoms with Gasteiger partial charge in [-0.3, -0.25) is 0 Å². The fourth-order valence-corrected chi connectivity index (χ4v) is 2.02. The van der Waals surface area contributed by atoms with Crippen LogP contribution in [0.1, 0.15) is 19.3 Å². The number of ether oxygens (including phenoxy) is 1. The van der Waals surface area contributed by atoms with E-state index < -0.39 is 0 Å². The van der Waals surface area contributed by atoms with Gasteiger partial charge < -0.3 is 15.0 Å². The molecule has 1 aromatic rings. The molecule has 2 heterocycles. The predicted molar refractivity (Wildman–Crippen MR) is 70.6 cm³/mol. The number of nitrogens with zero attached hydrogens (tertiary/aromatic N) is 2. The molecule has 1 atom stereocenters. The van der Waals surface area contributed by atoms with Crippen molar-refractivity contribution >= 4 is 11.5 Å². The zero-order valence-corrected chi connectivity index (χ0v) is 10.6. The van der Waals surface area contributed by atoms with Crippen LogP contribution in [0.4, 0.5) is 11.5 Å². The van der Waals surface area contributed by atoms with Gasteiger partial charge in [-0.25, -0.2) is 4.98 Å². The van der Waals surface area contributed by atoms with Gasteiger partial charge in [-0.2, -0.15) is 0 Å². The molecule has 0 aromatic carbocycles. The highest BCUT2D eigenvalue weighted by molar-refractivity contribution is 5.48. The standard InChI is InChI=1S/C13H21N3O/c1-16(2)13-6-5-12(10-14-13)15-11-4-3-8-17-9-7-11/h5-6,10-11,15H,3-4,7-9H2,1-2H3. The van der Waals surface area contributed by atoms with Crippen molar-refractivity contribution in [2.24, 2.45) is 0 Å². The average Bonchev–Trinajstić information content (AvgIpc) is 2.58. The summed E-state index contributed by atoms with van der Waals surface area (Å²) in [5, 5.41) is 3.53. The van der Waals surface area contributed by atoms with Gasteiger partial charge in [-0.05, 0) is 31.4 Å². The molecule has 94 valence electrons. The van der Waals surface area contributed by atoms with E-state index in [-0.39, 0.29) is 0 Å². The number of aromatic nitrogens is 1. The van der Waals surface area contributed by atoms with Gasteiger partial charge in [0.1, 0.15) is 5.82 Å². The molecule has 1 aromatic heterocycles. The smallest absolute Gasteiger partial charge is 0.128 e. The van der Waals surface area contributed by atoms with E-state index in [0.29, 0.717) is 6.04 Å². The van der Waals surface area contributed by atoms with Crippen molar-refractivity contribution in [2.45, 2.75) is 25.3 Å². The first kappa shape index (κ1) is 12.2. The molecule has 1 saturated heterocycles. The van der Waals surface area contributed by atoms with Crippen LogP contribution in [0.15, 0.2) is 18.3 Å². The highest BCUT2D eigenvalue weighted by Crippen LogP contribution is 2.17. The average molecular weight is 235 g/mol. The molecule has 0 spiro atoms. The van der Waals surface area contributed by atoms with Crippen LogP contribution < -0.4 is 10.2 Å². The first-order valence-corrected chi connectivity index (χ1v) is 6.23. The summed E-state index contributed by atoms with van der Waals surface area (Å²) in [7, 11) is 4.00. The summed E-state index contributed by atoms with van der Waals surface area (Å²) in [6.07, 6.45) is 5.30. The van der Waals surface area contributed by atoms with E-state index in [4.69, 9.17) is 4.74 Å². The first-order chi connectivity index (χ1) is 8.25. The van der Waals surface area contributed by atoms with Gasteiger partial charge in [0, 0.05) is 33.4 Å². The minimum absolute atomic E-state index is 0.518. The van der Waals surface area contributed by atoms with E-state index in [1.165, 1.54) is 6.42 Å². The van der Waals surface area contributed by atoms with Crippen LogP contribution in [-0.2, 0) is 4.74 Å². The Morgan fingerprint density at radius 3 is 2.88 bits per heavy atom. The third-order valence-electron chi connectivity index (χ3n) is 3.03. The molecule has 0 amide bonds. The van der Waals surface area contributed by atoms with Crippen molar-refractivity contribution in [3.8, 4) is 0 Å². The highest BCUT2D eigenvalue weighted by Gasteiger charge is 2.12. The molecule has 2 rings (SSSR count). The first-order valence-electron chi connectivity index (χ1n) is 6.23. The number of anilines is 2. The van der Waals surface area contributed by atoms with Crippen LogP contribution in [0.5, 0.6) is 0 Å². The Kier molecular flexibility index (Phi) is 4.20. The monoisotopic (exact) mass is 235 g/mol. The maximum atomic E-state index is 5.45. The Hall–Kier alpha value is -1.29. The number of pyridine rings is 1. The summed E-state index contributed by atoms with van der Waals surface area (Å²) in [5.41, 5.74) is 1.10. The SMILES string of the molecule is CN(C)c1ccc(NC2CCCOCC2)cn1. The van der Waals surface area contributed by atoms with E-state index in [0.717, 1.165) is 37.6 Å². The molecule has 1 aliphatic heterocycles. The van der Waals surface area contributed by atoms with Crippen LogP contribution in [-0.4, -0.2) is 38.3 Å². The lowest BCUT2D eigenvalue weighted by atomic mass is 10.1. The molecular weight excluding hydrogens is 214 g/mol. The van der Waals surface area contributed by atoms with Crippen LogP contribution >= 0.6 is 0 Å². The van der Waals surface area contributed by atoms with Crippen molar-refractivity contribution in [3.63, 3.8) is 0 Å². The molecule has 4 nitrogen and oxygen atoms in total. The van der Waals surface area contributed by atoms with Gasteiger partial charge in [0.05, 0.1) is 11.9 Å². The van der Waals surface area contributed by atoms with E-state index in [9.17, 15) is 0 Å². The zero-order chi connectivity index (χ0) is 12.1. The van der Waals surface area contributed by atoms with Crippen molar-refractivity contribution in [3.05, 3.63) is 18.3 Å². The second kappa shape index (κ2) is 5.87. The molecule has 1 fully saturated rings. The predicted octanol–water partition coefficient (Wildman–Crippen LogP) is 2.13. The Morgan fingerprint density at radius 1 is 1.29 bits per heavy atom. The fourth-order valence-electron chi connectivity index (χ4n) is 2.02. The van der Waals surface area contributed by atoms with Crippen LogP contribution in [0, 0.1) is 0 Å². The topological polar surface area (TPSA) is 37.4 Å². The quantitative estimate of drug-likeness (QED) is 0.871. The minimum Gasteiger partial charge on any atom is -0.381 e. The summed E-state index contributed by atoms with van der Waals surface area (Å²) in [4.78, 5) is 6.40. The largest absolute Gasteiger partial charge is 0.381 e. The van der Waals surface area contributed by atoms with Crippen LogP contribution in [0.3, 0.4) is 0 Å². The van der Waals surface area contributed by atoms with Gasteiger partial charge in [0.25, 0.3) is 0 Å². The molecular formula is C13H21N3O. The number of nitrogens with one attached hydrogen (secondary N) is 1. The molecule has 0 bridgehead atoms. The molecule has 0 aliphatic carbocycles. The summed E-state index contributed by atoms with van der Waals surface area (Å²) in [5.74, 6) is 0.986. The Bertz CT molecular complexity index is 329. The summed E-state index contributed by atoms with van der Waals surface area (Å²) < 4.78 is 5.45. The summed E-state index contributed by atoms with van der Waals surface area (Å²) in [6.45, 7) is 1.76. The van der Waals surface area contributed by atoms with Gasteiger partial charge >= 0.3 is 0 Å². The van der Waals surface area contributed by atoms with E-state index >= 15 is 0 Å². The second-order valence-corrected chi connectivity index (χ2v) is 4.68. The van der Waals surface area contributed by atoms with Gasteiger partial charge in [0.15, 0.2) is 0 Å². The third kappa shape index (κ3) is 3.60. The minimum atomic E-state index is 0.518. The van der Waals surface area contributed by atoms with Gasteiger partial charge in [-0.15, -0.1) is 0 Å². The van der Waals surface area contributed by atoms with Crippen molar-refractivity contribution in [1.82, 2.24) is 4.98 Å². The van der Waals surface area contributed by atoms with Gasteiger partial charge in [-0.1, -0.05) is 0 Å². The van der Waals surface area contributed by atoms with E-state index in [1.54, 1.807) is 0 Å².